The van der Waals surface area contributed by atoms with Crippen LogP contribution >= 0.6 is 11.3 Å². The maximum atomic E-state index is 13.4. The Labute approximate surface area is 206 Å². The van der Waals surface area contributed by atoms with Crippen molar-refractivity contribution in [3.05, 3.63) is 95.5 Å². The summed E-state index contributed by atoms with van der Waals surface area (Å²) in [7, 11) is -3.79. The molecule has 7 nitrogen and oxygen atoms in total. The second kappa shape index (κ2) is 8.37. The van der Waals surface area contributed by atoms with E-state index in [1.54, 1.807) is 12.1 Å². The molecule has 6 rings (SSSR count). The van der Waals surface area contributed by atoms with Crippen molar-refractivity contribution >= 4 is 49.0 Å². The second-order valence-corrected chi connectivity index (χ2v) is 10.9. The molecule has 0 radical (unpaired) electrons. The molecule has 0 fully saturated rings. The van der Waals surface area contributed by atoms with Crippen LogP contribution in [0.1, 0.15) is 15.9 Å². The Morgan fingerprint density at radius 3 is 2.77 bits per heavy atom. The number of carbonyl (C=O) groups is 1. The molecular weight excluding hydrogens is 480 g/mol. The van der Waals surface area contributed by atoms with Gasteiger partial charge in [-0.15, -0.1) is 11.3 Å². The minimum Gasteiger partial charge on any atom is -0.360 e. The summed E-state index contributed by atoms with van der Waals surface area (Å²) in [4.78, 5) is 20.8. The molecular formula is C26H20N4O3S2. The molecule has 3 heterocycles. The third-order valence-electron chi connectivity index (χ3n) is 6.12. The number of para-hydroxylation sites is 2. The number of nitrogens with zero attached hydrogens (tertiary/aromatic N) is 2. The molecule has 9 heteroatoms. The van der Waals surface area contributed by atoms with Crippen LogP contribution in [0.3, 0.4) is 0 Å². The number of carbonyl (C=O) groups excluding carboxylic acids is 1. The van der Waals surface area contributed by atoms with Gasteiger partial charge >= 0.3 is 0 Å². The Bertz CT molecular complexity index is 1690. The van der Waals surface area contributed by atoms with Crippen LogP contribution < -0.4 is 9.62 Å². The minimum absolute atomic E-state index is 0.0838. The lowest BCUT2D eigenvalue weighted by Gasteiger charge is -2.19. The summed E-state index contributed by atoms with van der Waals surface area (Å²) in [6.45, 7) is 0.383. The predicted octanol–water partition coefficient (Wildman–Crippen LogP) is 5.30. The van der Waals surface area contributed by atoms with Crippen molar-refractivity contribution in [3.63, 3.8) is 0 Å². The molecule has 1 amide bonds. The summed E-state index contributed by atoms with van der Waals surface area (Å²) in [5.74, 6) is -0.413. The third kappa shape index (κ3) is 3.78. The van der Waals surface area contributed by atoms with Gasteiger partial charge in [-0.05, 0) is 42.3 Å². The number of nitrogens with one attached hydrogen (secondary N) is 2. The lowest BCUT2D eigenvalue weighted by atomic mass is 10.1. The number of benzene rings is 3. The monoisotopic (exact) mass is 500 g/mol. The highest BCUT2D eigenvalue weighted by Crippen LogP contribution is 2.33. The number of amides is 1. The van der Waals surface area contributed by atoms with Gasteiger partial charge in [0, 0.05) is 40.2 Å². The smallest absolute Gasteiger partial charge is 0.264 e. The number of aromatic amines is 1. The normalized spacial score (nSPS) is 13.2. The zero-order valence-electron chi connectivity index (χ0n) is 18.4. The SMILES string of the molecule is O=C(Nc1nc(-c2c[nH]c3ccccc23)cs1)c1cccc(S(=O)(=O)N2CCc3ccccc32)c1. The predicted molar refractivity (Wildman–Crippen MR) is 138 cm³/mol. The number of fused-ring (bicyclic) bond motifs is 2. The van der Waals surface area contributed by atoms with Crippen molar-refractivity contribution in [2.24, 2.45) is 0 Å². The fourth-order valence-corrected chi connectivity index (χ4v) is 6.65. The van der Waals surface area contributed by atoms with Crippen LogP contribution in [0.15, 0.2) is 89.3 Å². The first-order chi connectivity index (χ1) is 17.0. The molecule has 2 N–H and O–H groups in total. The van der Waals surface area contributed by atoms with Crippen molar-refractivity contribution in [2.75, 3.05) is 16.2 Å². The molecule has 0 saturated heterocycles. The molecule has 2 aromatic heterocycles. The average molecular weight is 501 g/mol. The summed E-state index contributed by atoms with van der Waals surface area (Å²) in [6, 6.07) is 21.5. The number of hydrogen-bond donors (Lipinski definition) is 2. The van der Waals surface area contributed by atoms with Gasteiger partial charge in [0.25, 0.3) is 15.9 Å². The number of aromatic nitrogens is 2. The summed E-state index contributed by atoms with van der Waals surface area (Å²) in [5, 5.41) is 6.18. The first-order valence-electron chi connectivity index (χ1n) is 11.0. The first-order valence-corrected chi connectivity index (χ1v) is 13.4. The van der Waals surface area contributed by atoms with Crippen molar-refractivity contribution < 1.29 is 13.2 Å². The van der Waals surface area contributed by atoms with Crippen LogP contribution in [0.25, 0.3) is 22.2 Å². The number of sulfonamides is 1. The van der Waals surface area contributed by atoms with E-state index in [-0.39, 0.29) is 10.5 Å². The maximum Gasteiger partial charge on any atom is 0.264 e. The van der Waals surface area contributed by atoms with Crippen LogP contribution in [0.5, 0.6) is 0 Å². The van der Waals surface area contributed by atoms with Gasteiger partial charge in [0.15, 0.2) is 5.13 Å². The van der Waals surface area contributed by atoms with Gasteiger partial charge in [-0.3, -0.25) is 14.4 Å². The van der Waals surface area contributed by atoms with Crippen LogP contribution in [0.4, 0.5) is 10.8 Å². The van der Waals surface area contributed by atoms with Crippen molar-refractivity contribution in [1.29, 1.82) is 0 Å². The Morgan fingerprint density at radius 1 is 1.03 bits per heavy atom. The van der Waals surface area contributed by atoms with Gasteiger partial charge in [-0.25, -0.2) is 13.4 Å². The van der Waals surface area contributed by atoms with E-state index < -0.39 is 15.9 Å². The van der Waals surface area contributed by atoms with Crippen LogP contribution in [0.2, 0.25) is 0 Å². The largest absolute Gasteiger partial charge is 0.360 e. The molecule has 174 valence electrons. The van der Waals surface area contributed by atoms with Crippen LogP contribution in [-0.2, 0) is 16.4 Å². The number of anilines is 2. The van der Waals surface area contributed by atoms with Gasteiger partial charge in [0.2, 0.25) is 0 Å². The highest BCUT2D eigenvalue weighted by Gasteiger charge is 2.31. The van der Waals surface area contributed by atoms with E-state index in [0.717, 1.165) is 27.7 Å². The molecule has 0 atom stereocenters. The molecule has 0 saturated carbocycles. The van der Waals surface area contributed by atoms with Crippen molar-refractivity contribution in [2.45, 2.75) is 11.3 Å². The number of thiazole rings is 1. The number of rotatable bonds is 5. The lowest BCUT2D eigenvalue weighted by molar-refractivity contribution is 0.102. The molecule has 5 aromatic rings. The Hall–Kier alpha value is -3.95. The van der Waals surface area contributed by atoms with E-state index in [9.17, 15) is 13.2 Å². The Kier molecular flexibility index (Phi) is 5.16. The Morgan fingerprint density at radius 2 is 1.86 bits per heavy atom. The molecule has 0 spiro atoms. The van der Waals surface area contributed by atoms with E-state index in [0.29, 0.717) is 23.8 Å². The highest BCUT2D eigenvalue weighted by atomic mass is 32.2. The van der Waals surface area contributed by atoms with Gasteiger partial charge in [-0.2, -0.15) is 0 Å². The fourth-order valence-electron chi connectivity index (χ4n) is 4.39. The number of hydrogen-bond acceptors (Lipinski definition) is 5. The minimum atomic E-state index is -3.79. The van der Waals surface area contributed by atoms with Crippen molar-refractivity contribution in [3.8, 4) is 11.3 Å². The summed E-state index contributed by atoms with van der Waals surface area (Å²) < 4.78 is 28.1. The molecule has 0 aliphatic carbocycles. The van der Waals surface area contributed by atoms with Gasteiger partial charge in [-0.1, -0.05) is 42.5 Å². The molecule has 0 bridgehead atoms. The zero-order valence-corrected chi connectivity index (χ0v) is 20.1. The van der Waals surface area contributed by atoms with E-state index in [1.807, 2.05) is 60.1 Å². The fraction of sp³-hybridized carbons (Fsp3) is 0.0769. The van der Waals surface area contributed by atoms with E-state index in [4.69, 9.17) is 0 Å². The topological polar surface area (TPSA) is 95.2 Å². The highest BCUT2D eigenvalue weighted by molar-refractivity contribution is 7.92. The van der Waals surface area contributed by atoms with Crippen molar-refractivity contribution in [1.82, 2.24) is 9.97 Å². The summed E-state index contributed by atoms with van der Waals surface area (Å²) in [6.07, 6.45) is 2.56. The van der Waals surface area contributed by atoms with Gasteiger partial charge < -0.3 is 4.98 Å². The first kappa shape index (κ1) is 21.6. The third-order valence-corrected chi connectivity index (χ3v) is 8.69. The lowest BCUT2D eigenvalue weighted by Crippen LogP contribution is -2.29. The van der Waals surface area contributed by atoms with Gasteiger partial charge in [0.05, 0.1) is 16.3 Å². The van der Waals surface area contributed by atoms with Gasteiger partial charge in [0.1, 0.15) is 0 Å². The van der Waals surface area contributed by atoms with Crippen LogP contribution in [-0.4, -0.2) is 30.8 Å². The van der Waals surface area contributed by atoms with Crippen LogP contribution in [0, 0.1) is 0 Å². The van der Waals surface area contributed by atoms with E-state index in [2.05, 4.69) is 15.3 Å². The standard InChI is InChI=1S/C26H20N4O3S2/c31-25(29-26-28-23(16-34-26)21-15-27-22-10-3-2-9-20(21)22)18-7-5-8-19(14-18)35(32,33)30-13-12-17-6-1-4-11-24(17)30/h1-11,14-16,27H,12-13H2,(H,28,29,31). The zero-order chi connectivity index (χ0) is 24.0. The molecule has 3 aromatic carbocycles. The maximum absolute atomic E-state index is 13.4. The molecule has 1 aliphatic rings. The molecule has 0 unspecified atom stereocenters. The second-order valence-electron chi connectivity index (χ2n) is 8.22. The number of H-pyrrole nitrogens is 1. The Balaban J connectivity index is 1.24. The van der Waals surface area contributed by atoms with E-state index >= 15 is 0 Å². The average Bonchev–Trinajstić information content (AvgIpc) is 3.62. The summed E-state index contributed by atoms with van der Waals surface area (Å²) >= 11 is 1.32. The van der Waals surface area contributed by atoms with E-state index in [1.165, 1.54) is 27.8 Å². The quantitative estimate of drug-likeness (QED) is 0.343. The molecule has 1 aliphatic heterocycles. The molecule has 35 heavy (non-hydrogen) atoms. The summed E-state index contributed by atoms with van der Waals surface area (Å²) in [5.41, 5.74) is 4.67.